The van der Waals surface area contributed by atoms with Gasteiger partial charge >= 0.3 is 5.97 Å². The molecule has 0 amide bonds. The van der Waals surface area contributed by atoms with Gasteiger partial charge in [-0.3, -0.25) is 9.88 Å². The molecule has 0 spiro atoms. The molecule has 1 N–H and O–H groups in total. The fraction of sp³-hybridized carbons (Fsp3) is 0.394. The van der Waals surface area contributed by atoms with Crippen molar-refractivity contribution in [3.05, 3.63) is 76.6 Å². The number of benzene rings is 2. The van der Waals surface area contributed by atoms with Gasteiger partial charge in [-0.2, -0.15) is 5.26 Å². The Balaban J connectivity index is 1.07. The fourth-order valence-electron chi connectivity index (χ4n) is 7.00. The van der Waals surface area contributed by atoms with E-state index in [0.717, 1.165) is 50.5 Å². The lowest BCUT2D eigenvalue weighted by atomic mass is 9.81. The van der Waals surface area contributed by atoms with Crippen LogP contribution in [0, 0.1) is 22.6 Å². The number of imidazole rings is 1. The molecule has 12 heteroatoms. The average molecular weight is 629 g/mol. The zero-order valence-corrected chi connectivity index (χ0v) is 25.3. The van der Waals surface area contributed by atoms with E-state index in [-0.39, 0.29) is 23.2 Å². The molecule has 45 heavy (non-hydrogen) atoms. The molecule has 0 bridgehead atoms. The number of ether oxygens (including phenoxy) is 2. The number of nitriles is 1. The molecule has 0 radical (unpaired) electrons. The van der Waals surface area contributed by atoms with E-state index >= 15 is 4.39 Å². The molecule has 2 aliphatic carbocycles. The van der Waals surface area contributed by atoms with Gasteiger partial charge in [-0.1, -0.05) is 17.7 Å². The second kappa shape index (κ2) is 10.1. The quantitative estimate of drug-likeness (QED) is 0.274. The predicted octanol–water partition coefficient (Wildman–Crippen LogP) is 5.72. The van der Waals surface area contributed by atoms with Gasteiger partial charge in [0.15, 0.2) is 17.3 Å². The maximum atomic E-state index is 15.1. The summed E-state index contributed by atoms with van der Waals surface area (Å²) in [6, 6.07) is 14.9. The zero-order chi connectivity index (χ0) is 31.1. The first-order valence-electron chi connectivity index (χ1n) is 15.1. The Morgan fingerprint density at radius 3 is 2.69 bits per heavy atom. The summed E-state index contributed by atoms with van der Waals surface area (Å²) in [6.45, 7) is 4.15. The van der Waals surface area contributed by atoms with Crippen LogP contribution in [-0.2, 0) is 18.9 Å². The normalized spacial score (nSPS) is 24.6. The second-order valence-corrected chi connectivity index (χ2v) is 13.1. The van der Waals surface area contributed by atoms with Crippen molar-refractivity contribution >= 4 is 34.3 Å². The van der Waals surface area contributed by atoms with Gasteiger partial charge in [-0.25, -0.2) is 14.2 Å². The number of carbonyl (C=O) groups is 1. The van der Waals surface area contributed by atoms with Crippen LogP contribution >= 0.6 is 11.6 Å². The molecule has 2 saturated carbocycles. The molecule has 2 aromatic heterocycles. The van der Waals surface area contributed by atoms with Crippen LogP contribution in [0.25, 0.3) is 11.0 Å². The Labute approximate surface area is 263 Å². The number of aromatic carboxylic acids is 1. The van der Waals surface area contributed by atoms with E-state index in [4.69, 9.17) is 26.1 Å². The molecule has 2 aromatic carbocycles. The highest BCUT2D eigenvalue weighted by atomic mass is 35.5. The molecule has 10 nitrogen and oxygen atoms in total. The Bertz CT molecular complexity index is 1900. The van der Waals surface area contributed by atoms with Crippen molar-refractivity contribution in [1.82, 2.24) is 19.4 Å². The maximum Gasteiger partial charge on any atom is 0.335 e. The van der Waals surface area contributed by atoms with Gasteiger partial charge in [-0.05, 0) is 62.1 Å². The molecular formula is C33H30ClFN6O4. The van der Waals surface area contributed by atoms with Gasteiger partial charge in [0, 0.05) is 44.8 Å². The van der Waals surface area contributed by atoms with E-state index < -0.39 is 23.0 Å². The molecule has 4 heterocycles. The molecule has 4 aliphatic rings. The maximum absolute atomic E-state index is 15.1. The van der Waals surface area contributed by atoms with E-state index in [1.807, 2.05) is 23.6 Å². The van der Waals surface area contributed by atoms with Crippen LogP contribution in [0.1, 0.15) is 54.5 Å². The van der Waals surface area contributed by atoms with Crippen molar-refractivity contribution in [2.75, 3.05) is 18.0 Å². The lowest BCUT2D eigenvalue weighted by Gasteiger charge is -2.54. The van der Waals surface area contributed by atoms with Crippen molar-refractivity contribution in [1.29, 1.82) is 5.26 Å². The Hall–Kier alpha value is -4.40. The minimum absolute atomic E-state index is 0.133. The third-order valence-electron chi connectivity index (χ3n) is 9.79. The number of aromatic nitrogens is 3. The summed E-state index contributed by atoms with van der Waals surface area (Å²) < 4.78 is 29.8. The third kappa shape index (κ3) is 4.58. The summed E-state index contributed by atoms with van der Waals surface area (Å²) in [6.07, 6.45) is 5.10. The van der Waals surface area contributed by atoms with Gasteiger partial charge in [0.1, 0.15) is 17.0 Å². The molecule has 1 saturated heterocycles. The molecule has 230 valence electrons. The Morgan fingerprint density at radius 1 is 1.18 bits per heavy atom. The Morgan fingerprint density at radius 2 is 2.00 bits per heavy atom. The number of anilines is 1. The molecule has 3 fully saturated rings. The third-order valence-corrected chi connectivity index (χ3v) is 10.0. The van der Waals surface area contributed by atoms with Crippen LogP contribution in [0.4, 0.5) is 10.1 Å². The first-order chi connectivity index (χ1) is 21.7. The van der Waals surface area contributed by atoms with Crippen molar-refractivity contribution < 1.29 is 23.8 Å². The summed E-state index contributed by atoms with van der Waals surface area (Å²) in [7, 11) is 0. The number of hydrogen-bond acceptors (Lipinski definition) is 8. The first kappa shape index (κ1) is 28.1. The van der Waals surface area contributed by atoms with Gasteiger partial charge in [-0.15, -0.1) is 0 Å². The van der Waals surface area contributed by atoms with Crippen LogP contribution in [0.5, 0.6) is 11.5 Å². The number of rotatable bonds is 7. The van der Waals surface area contributed by atoms with Crippen molar-refractivity contribution in [3.8, 4) is 17.6 Å². The number of para-hydroxylation sites is 1. The summed E-state index contributed by atoms with van der Waals surface area (Å²) >= 11 is 6.06. The van der Waals surface area contributed by atoms with Crippen molar-refractivity contribution in [3.63, 3.8) is 0 Å². The number of halogens is 2. The van der Waals surface area contributed by atoms with Crippen LogP contribution in [0.15, 0.2) is 48.7 Å². The highest BCUT2D eigenvalue weighted by molar-refractivity contribution is 6.30. The van der Waals surface area contributed by atoms with Crippen LogP contribution in [0.3, 0.4) is 0 Å². The SMILES string of the molecule is C[C@]1(c2ccc(Cl)cn2)Oc2cccc(N3CCN(Cc4nc5c(F)cc(C(=O)O)cc5n4CC4(C#N)CC4)[C@@H]4CC[C@@H]43)c2O1. The number of carboxylic acids is 1. The summed E-state index contributed by atoms with van der Waals surface area (Å²) in [4.78, 5) is 25.6. The molecule has 8 rings (SSSR count). The largest absolute Gasteiger partial charge is 0.478 e. The van der Waals surface area contributed by atoms with Gasteiger partial charge in [0.2, 0.25) is 0 Å². The molecule has 0 unspecified atom stereocenters. The van der Waals surface area contributed by atoms with E-state index in [2.05, 4.69) is 26.9 Å². The number of nitrogens with zero attached hydrogens (tertiary/aromatic N) is 6. The molecule has 3 atom stereocenters. The number of pyridine rings is 1. The summed E-state index contributed by atoms with van der Waals surface area (Å²) in [5.74, 6) is -0.955. The van der Waals surface area contributed by atoms with Gasteiger partial charge < -0.3 is 24.0 Å². The topological polar surface area (TPSA) is 117 Å². The molecule has 2 aliphatic heterocycles. The second-order valence-electron chi connectivity index (χ2n) is 12.6. The Kier molecular flexibility index (Phi) is 6.28. The highest BCUT2D eigenvalue weighted by Crippen LogP contribution is 2.51. The minimum atomic E-state index is -1.20. The smallest absolute Gasteiger partial charge is 0.335 e. The summed E-state index contributed by atoms with van der Waals surface area (Å²) in [5.41, 5.74) is 1.50. The lowest BCUT2D eigenvalue weighted by molar-refractivity contribution is -0.0717. The fourth-order valence-corrected chi connectivity index (χ4v) is 7.11. The average Bonchev–Trinajstić information content (AvgIpc) is 3.57. The van der Waals surface area contributed by atoms with Crippen molar-refractivity contribution in [2.45, 2.75) is 63.6 Å². The number of fused-ring (bicyclic) bond motifs is 3. The first-order valence-corrected chi connectivity index (χ1v) is 15.5. The van der Waals surface area contributed by atoms with Crippen LogP contribution < -0.4 is 14.4 Å². The van der Waals surface area contributed by atoms with Crippen LogP contribution in [-0.4, -0.2) is 55.7 Å². The van der Waals surface area contributed by atoms with Gasteiger partial charge in [0.25, 0.3) is 5.79 Å². The van der Waals surface area contributed by atoms with Gasteiger partial charge in [0.05, 0.1) is 39.8 Å². The van der Waals surface area contributed by atoms with E-state index in [1.54, 1.807) is 18.3 Å². The van der Waals surface area contributed by atoms with E-state index in [1.165, 1.54) is 6.07 Å². The van der Waals surface area contributed by atoms with E-state index in [0.29, 0.717) is 46.6 Å². The highest BCUT2D eigenvalue weighted by Gasteiger charge is 2.48. The zero-order valence-electron chi connectivity index (χ0n) is 24.5. The lowest BCUT2D eigenvalue weighted by Crippen LogP contribution is -2.64. The minimum Gasteiger partial charge on any atom is -0.478 e. The molecule has 4 aromatic rings. The number of carboxylic acid groups (broad SMARTS) is 1. The number of piperazine rings is 1. The summed E-state index contributed by atoms with van der Waals surface area (Å²) in [5, 5.41) is 20.0. The van der Waals surface area contributed by atoms with Crippen LogP contribution in [0.2, 0.25) is 5.02 Å². The van der Waals surface area contributed by atoms with E-state index in [9.17, 15) is 15.2 Å². The standard InChI is InChI=1S/C33H30ClFN6O4/c1-32(27-8-5-20(34)15-37-27)44-26-4-2-3-24(30(26)45-32)40-12-11-39(22-6-7-23(22)40)16-28-38-29-21(35)13-19(31(42)43)14-25(29)41(28)18-33(17-36)9-10-33/h2-5,8,13-15,22-23H,6-7,9-12,16,18H2,1H3,(H,42,43)/t22-,23+,32+/m1/s1. The monoisotopic (exact) mass is 628 g/mol. The van der Waals surface area contributed by atoms with Crippen molar-refractivity contribution in [2.24, 2.45) is 5.41 Å². The predicted molar refractivity (Wildman–Crippen MR) is 163 cm³/mol. The molecular weight excluding hydrogens is 599 g/mol. The number of hydrogen-bond donors (Lipinski definition) is 1.